The molecule has 1 atom stereocenters. The van der Waals surface area contributed by atoms with Crippen molar-refractivity contribution in [1.82, 2.24) is 29.0 Å². The summed E-state index contributed by atoms with van der Waals surface area (Å²) >= 11 is 0. The third-order valence-corrected chi connectivity index (χ3v) is 10.4. The van der Waals surface area contributed by atoms with Gasteiger partial charge in [-0.25, -0.2) is 13.1 Å². The van der Waals surface area contributed by atoms with Gasteiger partial charge < -0.3 is 14.7 Å². The van der Waals surface area contributed by atoms with Crippen molar-refractivity contribution in [1.29, 1.82) is 0 Å². The van der Waals surface area contributed by atoms with Crippen LogP contribution in [-0.4, -0.2) is 63.8 Å². The molecule has 2 N–H and O–H groups in total. The van der Waals surface area contributed by atoms with E-state index in [0.29, 0.717) is 24.0 Å². The van der Waals surface area contributed by atoms with E-state index in [1.807, 2.05) is 31.7 Å². The number of aryl methyl sites for hydroxylation is 1. The number of sulfonamides is 1. The first kappa shape index (κ1) is 28.4. The number of rotatable bonds is 8. The lowest BCUT2D eigenvalue weighted by atomic mass is 9.92. The fourth-order valence-electron chi connectivity index (χ4n) is 5.61. The lowest BCUT2D eigenvalue weighted by molar-refractivity contribution is -0.137. The minimum Gasteiger partial charge on any atom is -0.396 e. The van der Waals surface area contributed by atoms with E-state index in [9.17, 15) is 18.0 Å². The van der Waals surface area contributed by atoms with E-state index in [2.05, 4.69) is 20.0 Å². The maximum Gasteiger partial charge on any atom is 0.263 e. The number of carbonyl (C=O) groups is 1. The van der Waals surface area contributed by atoms with Crippen LogP contribution in [0.3, 0.4) is 0 Å². The number of nitrogens with one attached hydrogen (secondary N) is 2. The lowest BCUT2D eigenvalue weighted by Crippen LogP contribution is -2.44. The molecule has 42 heavy (non-hydrogen) atoms. The first-order valence-electron chi connectivity index (χ1n) is 14.2. The van der Waals surface area contributed by atoms with Crippen molar-refractivity contribution < 1.29 is 18.0 Å². The molecule has 1 aliphatic heterocycles. The fourth-order valence-corrected chi connectivity index (χ4v) is 7.13. The minimum absolute atomic E-state index is 0.0190. The number of carbonyl (C=O) groups excluding carboxylic acids is 1. The molecule has 1 amide bonds. The van der Waals surface area contributed by atoms with Gasteiger partial charge in [-0.1, -0.05) is 13.0 Å². The van der Waals surface area contributed by atoms with Crippen LogP contribution in [0.5, 0.6) is 0 Å². The molecule has 2 fully saturated rings. The zero-order chi connectivity index (χ0) is 30.0. The van der Waals surface area contributed by atoms with Gasteiger partial charge in [0.2, 0.25) is 21.5 Å². The van der Waals surface area contributed by atoms with Crippen molar-refractivity contribution in [3.05, 3.63) is 57.7 Å². The molecule has 3 aliphatic rings. The molecule has 6 rings (SSSR count). The number of fused-ring (bicyclic) bond motifs is 1. The zero-order valence-corrected chi connectivity index (χ0v) is 25.4. The molecular weight excluding hydrogens is 558 g/mol. The highest BCUT2D eigenvalue weighted by Gasteiger charge is 2.48. The molecule has 2 saturated carbocycles. The van der Waals surface area contributed by atoms with Crippen LogP contribution in [0.2, 0.25) is 0 Å². The van der Waals surface area contributed by atoms with Gasteiger partial charge in [0.15, 0.2) is 0 Å². The number of amides is 1. The van der Waals surface area contributed by atoms with Crippen LogP contribution < -0.4 is 15.9 Å². The largest absolute Gasteiger partial charge is 0.396 e. The van der Waals surface area contributed by atoms with Crippen LogP contribution in [0, 0.1) is 5.41 Å². The van der Waals surface area contributed by atoms with E-state index < -0.39 is 21.1 Å². The number of aromatic amines is 1. The molecule has 3 heterocycles. The summed E-state index contributed by atoms with van der Waals surface area (Å²) in [4.78, 5) is 37.5. The Morgan fingerprint density at radius 1 is 1.24 bits per heavy atom. The van der Waals surface area contributed by atoms with Gasteiger partial charge >= 0.3 is 0 Å². The maximum absolute atomic E-state index is 14.1. The highest BCUT2D eigenvalue weighted by molar-refractivity contribution is 7.89. The van der Waals surface area contributed by atoms with Crippen molar-refractivity contribution in [2.45, 2.75) is 75.9 Å². The summed E-state index contributed by atoms with van der Waals surface area (Å²) in [5.41, 5.74) is 1.67. The summed E-state index contributed by atoms with van der Waals surface area (Å²) in [6.07, 6.45) is 9.23. The Balaban J connectivity index is 1.53. The summed E-state index contributed by atoms with van der Waals surface area (Å²) < 4.78 is 33.1. The smallest absolute Gasteiger partial charge is 0.263 e. The molecule has 1 aromatic carbocycles. The number of hydrogen-bond acceptors (Lipinski definition) is 7. The third-order valence-electron chi connectivity index (χ3n) is 8.75. The Morgan fingerprint density at radius 2 is 1.98 bits per heavy atom. The van der Waals surface area contributed by atoms with Gasteiger partial charge in [0, 0.05) is 47.9 Å². The Bertz CT molecular complexity index is 1860. The van der Waals surface area contributed by atoms with E-state index in [1.54, 1.807) is 30.2 Å². The second-order valence-electron chi connectivity index (χ2n) is 12.5. The quantitative estimate of drug-likeness (QED) is 0.382. The average Bonchev–Trinajstić information content (AvgIpc) is 3.82. The summed E-state index contributed by atoms with van der Waals surface area (Å²) in [5, 5.41) is 8.50. The third kappa shape index (κ3) is 5.19. The molecule has 0 radical (unpaired) electrons. The number of aromatic nitrogens is 4. The van der Waals surface area contributed by atoms with Crippen LogP contribution >= 0.6 is 0 Å². The van der Waals surface area contributed by atoms with Crippen LogP contribution in [0.15, 0.2) is 45.4 Å². The van der Waals surface area contributed by atoms with E-state index in [-0.39, 0.29) is 39.8 Å². The molecule has 0 spiro atoms. The molecule has 0 bridgehead atoms. The van der Waals surface area contributed by atoms with Gasteiger partial charge in [0.25, 0.3) is 5.56 Å². The first-order valence-corrected chi connectivity index (χ1v) is 15.7. The highest BCUT2D eigenvalue weighted by atomic mass is 32.2. The van der Waals surface area contributed by atoms with Gasteiger partial charge in [-0.2, -0.15) is 5.10 Å². The van der Waals surface area contributed by atoms with Gasteiger partial charge in [-0.3, -0.25) is 18.8 Å². The van der Waals surface area contributed by atoms with Crippen LogP contribution in [0.4, 0.5) is 0 Å². The Morgan fingerprint density at radius 3 is 2.57 bits per heavy atom. The average molecular weight is 596 g/mol. The molecular formula is C29H37N7O5S. The summed E-state index contributed by atoms with van der Waals surface area (Å²) in [6, 6.07) is 2.95. The van der Waals surface area contributed by atoms with Crippen LogP contribution in [-0.2, 0) is 33.2 Å². The number of H-pyrrole nitrogens is 1. The molecule has 0 saturated heterocycles. The number of nitrogens with zero attached hydrogens (tertiary/aromatic N) is 5. The molecule has 224 valence electrons. The maximum atomic E-state index is 14.1. The number of hydrogen-bond donors (Lipinski definition) is 2. The Labute approximate surface area is 244 Å². The molecule has 0 unspecified atom stereocenters. The summed E-state index contributed by atoms with van der Waals surface area (Å²) in [6.45, 7) is 6.44. The zero-order valence-electron chi connectivity index (χ0n) is 24.6. The van der Waals surface area contributed by atoms with E-state index in [4.69, 9.17) is 4.84 Å². The molecule has 12 nitrogen and oxygen atoms in total. The number of benzene rings is 1. The van der Waals surface area contributed by atoms with Gasteiger partial charge in [0.1, 0.15) is 7.11 Å². The predicted octanol–water partition coefficient (Wildman–Crippen LogP) is 2.21. The van der Waals surface area contributed by atoms with Crippen molar-refractivity contribution >= 4 is 32.4 Å². The molecule has 2 aliphatic carbocycles. The van der Waals surface area contributed by atoms with Crippen LogP contribution in [0.1, 0.15) is 64.0 Å². The second kappa shape index (κ2) is 9.94. The summed E-state index contributed by atoms with van der Waals surface area (Å²) in [5.74, 6) is 0.152. The van der Waals surface area contributed by atoms with Crippen molar-refractivity contribution in [2.24, 2.45) is 17.6 Å². The SMILES string of the molecule is CO/N=c1\[nH]c2c(C3=CCN(C(=O)C4(C)CC4)[C@H](C)C3)cc(S(=O)(=O)NC3(C)CC3)cc2c(=O)n1Cc1cnn(C)c1. The standard InChI is InChI=1S/C29H37N7O5S/c1-18-12-20(6-11-35(18)26(38)28(2)7-8-28)22-13-21(42(39,40)33-29(3)9-10-29)14-23-24(22)31-27(32-41-5)36(25(23)37)17-19-15-30-34(4)16-19/h6,13-16,18,33H,7-12,17H2,1-5H3,(H,31,32)/t18-/m1/s1. The normalized spacial score (nSPS) is 21.4. The Kier molecular flexibility index (Phi) is 6.72. The van der Waals surface area contributed by atoms with Crippen molar-refractivity contribution in [3.8, 4) is 0 Å². The highest BCUT2D eigenvalue weighted by Crippen LogP contribution is 2.47. The lowest BCUT2D eigenvalue weighted by Gasteiger charge is -2.35. The molecule has 2 aromatic heterocycles. The van der Waals surface area contributed by atoms with E-state index in [1.165, 1.54) is 17.7 Å². The fraction of sp³-hybridized carbons (Fsp3) is 0.517. The predicted molar refractivity (Wildman–Crippen MR) is 157 cm³/mol. The van der Waals surface area contributed by atoms with Gasteiger partial charge in [-0.15, -0.1) is 0 Å². The second-order valence-corrected chi connectivity index (χ2v) is 14.2. The Hall–Kier alpha value is -3.71. The van der Waals surface area contributed by atoms with Gasteiger partial charge in [-0.05, 0) is 68.8 Å². The van der Waals surface area contributed by atoms with Gasteiger partial charge in [0.05, 0.1) is 28.5 Å². The van der Waals surface area contributed by atoms with E-state index in [0.717, 1.165) is 36.8 Å². The molecule has 3 aromatic rings. The van der Waals surface area contributed by atoms with Crippen LogP contribution in [0.25, 0.3) is 16.5 Å². The van der Waals surface area contributed by atoms with Crippen molar-refractivity contribution in [3.63, 3.8) is 0 Å². The monoisotopic (exact) mass is 595 g/mol. The topological polar surface area (TPSA) is 144 Å². The van der Waals surface area contributed by atoms with Crippen molar-refractivity contribution in [2.75, 3.05) is 13.7 Å². The van der Waals surface area contributed by atoms with E-state index >= 15 is 0 Å². The first-order chi connectivity index (χ1) is 19.8. The molecule has 13 heteroatoms. The minimum atomic E-state index is -3.93. The summed E-state index contributed by atoms with van der Waals surface area (Å²) in [7, 11) is -0.744.